The van der Waals surface area contributed by atoms with E-state index in [9.17, 15) is 23.9 Å². The second-order valence-corrected chi connectivity index (χ2v) is 10.2. The summed E-state index contributed by atoms with van der Waals surface area (Å²) in [6.07, 6.45) is 5.38. The van der Waals surface area contributed by atoms with Gasteiger partial charge in [-0.2, -0.15) is 5.10 Å². The summed E-state index contributed by atoms with van der Waals surface area (Å²) in [5, 5.41) is 19.3. The van der Waals surface area contributed by atoms with E-state index < -0.39 is 29.0 Å². The molecular weight excluding hydrogens is 491 g/mol. The molecule has 6 rings (SSSR count). The molecule has 3 N–H and O–H groups in total. The molecule has 0 saturated heterocycles. The summed E-state index contributed by atoms with van der Waals surface area (Å²) < 4.78 is 14.9. The molecule has 3 aromatic rings. The highest BCUT2D eigenvalue weighted by molar-refractivity contribution is 6.31. The van der Waals surface area contributed by atoms with Crippen molar-refractivity contribution >= 4 is 46.2 Å². The number of carboxylic acid groups (broad SMARTS) is 1. The lowest BCUT2D eigenvalue weighted by atomic mass is 9.53. The van der Waals surface area contributed by atoms with Gasteiger partial charge in [-0.15, -0.1) is 0 Å². The van der Waals surface area contributed by atoms with E-state index in [1.54, 1.807) is 7.05 Å². The number of carbonyl (C=O) groups excluding carboxylic acids is 2. The Balaban J connectivity index is 1.33. The predicted molar refractivity (Wildman–Crippen MR) is 128 cm³/mol. The fraction of sp³-hybridized carbons (Fsp3) is 0.417. The Morgan fingerprint density at radius 1 is 1.11 bits per heavy atom. The number of hydrogen-bond acceptors (Lipinski definition) is 6. The van der Waals surface area contributed by atoms with Crippen LogP contribution in [0.3, 0.4) is 0 Å². The highest BCUT2D eigenvalue weighted by atomic mass is 35.5. The summed E-state index contributed by atoms with van der Waals surface area (Å²) >= 11 is 5.78. The van der Waals surface area contributed by atoms with Crippen molar-refractivity contribution in [3.05, 3.63) is 46.6 Å². The summed E-state index contributed by atoms with van der Waals surface area (Å²) in [6.45, 7) is 0.430. The molecule has 0 unspecified atom stereocenters. The third-order valence-electron chi connectivity index (χ3n) is 7.73. The van der Waals surface area contributed by atoms with Gasteiger partial charge < -0.3 is 15.7 Å². The van der Waals surface area contributed by atoms with Crippen LogP contribution in [-0.2, 0) is 11.8 Å². The maximum Gasteiger partial charge on any atom is 0.309 e. The minimum Gasteiger partial charge on any atom is -0.481 e. The first kappa shape index (κ1) is 24.1. The molecule has 1 aromatic carbocycles. The van der Waals surface area contributed by atoms with Crippen LogP contribution in [0.4, 0.5) is 10.2 Å². The van der Waals surface area contributed by atoms with Crippen LogP contribution < -0.4 is 10.6 Å². The molecular formula is C24H24ClFN6O4. The number of nitrogens with zero attached hydrogens (tertiary/aromatic N) is 4. The van der Waals surface area contributed by atoms with Crippen molar-refractivity contribution in [1.82, 2.24) is 25.1 Å². The molecule has 3 aliphatic rings. The Morgan fingerprint density at radius 2 is 1.81 bits per heavy atom. The number of nitrogens with one attached hydrogen (secondary N) is 2. The van der Waals surface area contributed by atoms with Crippen molar-refractivity contribution < 1.29 is 23.9 Å². The number of aliphatic carboxylic acids is 1. The molecule has 2 amide bonds. The van der Waals surface area contributed by atoms with Crippen LogP contribution in [0.1, 0.15) is 59.4 Å². The quantitative estimate of drug-likeness (QED) is 0.457. The normalized spacial score (nSPS) is 23.0. The van der Waals surface area contributed by atoms with Crippen molar-refractivity contribution in [2.24, 2.45) is 17.9 Å². The summed E-state index contributed by atoms with van der Waals surface area (Å²) in [7, 11) is 1.61. The topological polar surface area (TPSA) is 139 Å². The second kappa shape index (κ2) is 8.81. The number of carbonyl (C=O) groups is 3. The number of carboxylic acids is 1. The standard InChI is InChI=1S/C24H24ClFN6O4/c1-32-18-16(19(31-32)30-20(33)13-2-3-15(26)14(25)10-13)28-12-29-17(18)21(34)27-11-23-4-7-24(8-5-23,9-6-23)22(35)36/h2-3,10,12H,4-9,11H2,1H3,(H,27,34)(H,35,36)(H,30,31,33). The van der Waals surface area contributed by atoms with Gasteiger partial charge in [0.2, 0.25) is 0 Å². The Morgan fingerprint density at radius 3 is 2.44 bits per heavy atom. The molecule has 0 aliphatic heterocycles. The molecule has 188 valence electrons. The lowest BCUT2D eigenvalue weighted by Crippen LogP contribution is -2.50. The van der Waals surface area contributed by atoms with Gasteiger partial charge >= 0.3 is 5.97 Å². The number of aryl methyl sites for hydroxylation is 1. The lowest BCUT2D eigenvalue weighted by molar-refractivity contribution is -0.158. The van der Waals surface area contributed by atoms with Gasteiger partial charge in [-0.3, -0.25) is 19.1 Å². The number of amides is 2. The highest BCUT2D eigenvalue weighted by Gasteiger charge is 2.52. The number of rotatable bonds is 6. The third kappa shape index (κ3) is 4.06. The average Bonchev–Trinajstić information content (AvgIpc) is 3.20. The van der Waals surface area contributed by atoms with E-state index in [2.05, 4.69) is 25.7 Å². The van der Waals surface area contributed by atoms with Crippen molar-refractivity contribution in [2.75, 3.05) is 11.9 Å². The van der Waals surface area contributed by atoms with Gasteiger partial charge in [0.15, 0.2) is 11.5 Å². The van der Waals surface area contributed by atoms with Crippen molar-refractivity contribution in [3.8, 4) is 0 Å². The summed E-state index contributed by atoms with van der Waals surface area (Å²) in [6, 6.07) is 3.60. The van der Waals surface area contributed by atoms with E-state index in [-0.39, 0.29) is 33.0 Å². The Labute approximate surface area is 210 Å². The van der Waals surface area contributed by atoms with Crippen molar-refractivity contribution in [1.29, 1.82) is 0 Å². The van der Waals surface area contributed by atoms with Gasteiger partial charge in [-0.05, 0) is 62.1 Å². The van der Waals surface area contributed by atoms with Crippen molar-refractivity contribution in [2.45, 2.75) is 38.5 Å². The van der Waals surface area contributed by atoms with Crippen molar-refractivity contribution in [3.63, 3.8) is 0 Å². The van der Waals surface area contributed by atoms with E-state index in [4.69, 9.17) is 11.6 Å². The van der Waals surface area contributed by atoms with Gasteiger partial charge in [0.1, 0.15) is 23.2 Å². The molecule has 36 heavy (non-hydrogen) atoms. The van der Waals surface area contributed by atoms with E-state index in [1.165, 1.54) is 23.1 Å². The minimum atomic E-state index is -0.718. The van der Waals surface area contributed by atoms with Gasteiger partial charge in [-0.1, -0.05) is 11.6 Å². The molecule has 2 bridgehead atoms. The molecule has 0 radical (unpaired) electrons. The molecule has 10 nitrogen and oxygen atoms in total. The van der Waals surface area contributed by atoms with Gasteiger partial charge in [0.05, 0.1) is 10.4 Å². The van der Waals surface area contributed by atoms with Crippen LogP contribution in [-0.4, -0.2) is 49.2 Å². The SMILES string of the molecule is Cn1nc(NC(=O)c2ccc(F)c(Cl)c2)c2ncnc(C(=O)NCC34CCC(C(=O)O)(CC3)CC4)c21. The lowest BCUT2D eigenvalue weighted by Gasteiger charge is -2.51. The van der Waals surface area contributed by atoms with E-state index >= 15 is 0 Å². The summed E-state index contributed by atoms with van der Waals surface area (Å²) in [4.78, 5) is 45.9. The Hall–Kier alpha value is -3.60. The fourth-order valence-electron chi connectivity index (χ4n) is 5.37. The van der Waals surface area contributed by atoms with Crippen LogP contribution in [0, 0.1) is 16.6 Å². The molecule has 12 heteroatoms. The molecule has 3 fully saturated rings. The Kier molecular flexibility index (Phi) is 5.90. The first-order valence-electron chi connectivity index (χ1n) is 11.6. The largest absolute Gasteiger partial charge is 0.481 e. The maximum atomic E-state index is 13.4. The summed E-state index contributed by atoms with van der Waals surface area (Å²) in [5.74, 6) is -2.19. The first-order chi connectivity index (χ1) is 17.1. The van der Waals surface area contributed by atoms with Gasteiger partial charge in [0.25, 0.3) is 11.8 Å². The number of fused-ring (bicyclic) bond motifs is 4. The maximum absolute atomic E-state index is 13.4. The van der Waals surface area contributed by atoms with E-state index in [1.807, 2.05) is 0 Å². The van der Waals surface area contributed by atoms with Gasteiger partial charge in [-0.25, -0.2) is 14.4 Å². The summed E-state index contributed by atoms with van der Waals surface area (Å²) in [5.41, 5.74) is 0.151. The average molecular weight is 515 g/mol. The monoisotopic (exact) mass is 514 g/mol. The fourth-order valence-corrected chi connectivity index (χ4v) is 5.55. The number of halogens is 2. The van der Waals surface area contributed by atoms with Crippen LogP contribution >= 0.6 is 11.6 Å². The Bertz CT molecular complexity index is 1380. The first-order valence-corrected chi connectivity index (χ1v) is 12.0. The van der Waals surface area contributed by atoms with Crippen LogP contribution in [0.25, 0.3) is 11.0 Å². The number of anilines is 1. The molecule has 0 spiro atoms. The van der Waals surface area contributed by atoms with Crippen LogP contribution in [0.2, 0.25) is 5.02 Å². The van der Waals surface area contributed by atoms with E-state index in [0.29, 0.717) is 31.3 Å². The molecule has 3 aliphatic carbocycles. The molecule has 0 atom stereocenters. The number of hydrogen-bond donors (Lipinski definition) is 3. The zero-order valence-electron chi connectivity index (χ0n) is 19.5. The number of benzene rings is 1. The predicted octanol–water partition coefficient (Wildman–Crippen LogP) is 3.56. The smallest absolute Gasteiger partial charge is 0.309 e. The zero-order valence-corrected chi connectivity index (χ0v) is 20.2. The second-order valence-electron chi connectivity index (χ2n) is 9.74. The molecule has 2 heterocycles. The highest BCUT2D eigenvalue weighted by Crippen LogP contribution is 2.56. The minimum absolute atomic E-state index is 0.110. The number of aromatic nitrogens is 4. The molecule has 2 aromatic heterocycles. The molecule has 3 saturated carbocycles. The van der Waals surface area contributed by atoms with Gasteiger partial charge in [0, 0.05) is 19.2 Å². The van der Waals surface area contributed by atoms with E-state index in [0.717, 1.165) is 25.3 Å². The van der Waals surface area contributed by atoms with Crippen LogP contribution in [0.15, 0.2) is 24.5 Å². The zero-order chi connectivity index (χ0) is 25.7. The van der Waals surface area contributed by atoms with Crippen LogP contribution in [0.5, 0.6) is 0 Å². The third-order valence-corrected chi connectivity index (χ3v) is 8.02.